The number of carbonyl (C=O) groups excluding carboxylic acids is 1. The molecule has 2 heterocycles. The molecule has 0 aliphatic rings. The Balaban J connectivity index is 2.08. The summed E-state index contributed by atoms with van der Waals surface area (Å²) in [5.41, 5.74) is 7.80. The Morgan fingerprint density at radius 3 is 2.23 bits per heavy atom. The molecule has 4 aromatic rings. The SMILES string of the molecule is NC(=O)Nc1sc2c(ccc(=O)n2-c2ccccc2)c1-c1ccccc1. The van der Waals surface area contributed by atoms with Gasteiger partial charge in [-0.1, -0.05) is 59.9 Å². The van der Waals surface area contributed by atoms with Crippen molar-refractivity contribution in [2.45, 2.75) is 0 Å². The minimum atomic E-state index is -0.637. The zero-order valence-corrected chi connectivity index (χ0v) is 14.5. The lowest BCUT2D eigenvalue weighted by molar-refractivity contribution is 0.259. The molecule has 3 N–H and O–H groups in total. The Labute approximate surface area is 153 Å². The van der Waals surface area contributed by atoms with Crippen LogP contribution in [-0.4, -0.2) is 10.6 Å². The van der Waals surface area contributed by atoms with Crippen LogP contribution in [0.2, 0.25) is 0 Å². The molecule has 0 unspecified atom stereocenters. The van der Waals surface area contributed by atoms with Crippen LogP contribution in [0.3, 0.4) is 0 Å². The highest BCUT2D eigenvalue weighted by Gasteiger charge is 2.18. The second-order valence-corrected chi connectivity index (χ2v) is 6.72. The van der Waals surface area contributed by atoms with Crippen LogP contribution in [0.5, 0.6) is 0 Å². The highest BCUT2D eigenvalue weighted by atomic mass is 32.1. The van der Waals surface area contributed by atoms with E-state index in [0.717, 1.165) is 27.0 Å². The summed E-state index contributed by atoms with van der Waals surface area (Å²) in [7, 11) is 0. The summed E-state index contributed by atoms with van der Waals surface area (Å²) in [5.74, 6) is 0. The van der Waals surface area contributed by atoms with Crippen molar-refractivity contribution in [3.05, 3.63) is 83.2 Å². The molecule has 0 fully saturated rings. The third-order valence-electron chi connectivity index (χ3n) is 4.06. The number of aromatic nitrogens is 1. The van der Waals surface area contributed by atoms with Crippen molar-refractivity contribution in [2.24, 2.45) is 5.73 Å². The van der Waals surface area contributed by atoms with Crippen LogP contribution in [0.1, 0.15) is 0 Å². The van der Waals surface area contributed by atoms with Crippen molar-refractivity contribution in [3.8, 4) is 16.8 Å². The smallest absolute Gasteiger partial charge is 0.317 e. The van der Waals surface area contributed by atoms with Crippen LogP contribution >= 0.6 is 11.3 Å². The van der Waals surface area contributed by atoms with E-state index in [0.29, 0.717) is 5.00 Å². The molecule has 26 heavy (non-hydrogen) atoms. The third-order valence-corrected chi connectivity index (χ3v) is 5.16. The lowest BCUT2D eigenvalue weighted by Crippen LogP contribution is -2.18. The Morgan fingerprint density at radius 2 is 1.58 bits per heavy atom. The normalized spacial score (nSPS) is 10.8. The van der Waals surface area contributed by atoms with Crippen molar-refractivity contribution in [1.29, 1.82) is 0 Å². The number of rotatable bonds is 3. The van der Waals surface area contributed by atoms with Gasteiger partial charge in [0.25, 0.3) is 5.56 Å². The van der Waals surface area contributed by atoms with Crippen molar-refractivity contribution in [2.75, 3.05) is 5.32 Å². The van der Waals surface area contributed by atoms with Crippen LogP contribution in [-0.2, 0) is 0 Å². The van der Waals surface area contributed by atoms with E-state index < -0.39 is 6.03 Å². The first-order valence-electron chi connectivity index (χ1n) is 8.01. The quantitative estimate of drug-likeness (QED) is 0.573. The summed E-state index contributed by atoms with van der Waals surface area (Å²) in [6, 6.07) is 21.8. The molecule has 128 valence electrons. The highest BCUT2D eigenvalue weighted by molar-refractivity contribution is 7.23. The summed E-state index contributed by atoms with van der Waals surface area (Å²) < 4.78 is 1.65. The summed E-state index contributed by atoms with van der Waals surface area (Å²) in [6.45, 7) is 0. The number of urea groups is 1. The number of nitrogens with zero attached hydrogens (tertiary/aromatic N) is 1. The van der Waals surface area contributed by atoms with Crippen LogP contribution in [0.4, 0.5) is 9.80 Å². The van der Waals surface area contributed by atoms with Crippen molar-refractivity contribution in [3.63, 3.8) is 0 Å². The number of anilines is 1. The van der Waals surface area contributed by atoms with Crippen LogP contribution < -0.4 is 16.6 Å². The molecule has 2 amide bonds. The second-order valence-electron chi connectivity index (χ2n) is 5.72. The number of nitrogens with one attached hydrogen (secondary N) is 1. The molecule has 0 saturated carbocycles. The van der Waals surface area contributed by atoms with Crippen molar-refractivity contribution < 1.29 is 4.79 Å². The second kappa shape index (κ2) is 6.50. The molecule has 0 spiro atoms. The van der Waals surface area contributed by atoms with E-state index in [1.807, 2.05) is 60.7 Å². The van der Waals surface area contributed by atoms with Gasteiger partial charge in [0.1, 0.15) is 9.83 Å². The number of hydrogen-bond donors (Lipinski definition) is 2. The Bertz CT molecular complexity index is 1150. The molecule has 0 radical (unpaired) electrons. The maximum atomic E-state index is 12.6. The summed E-state index contributed by atoms with van der Waals surface area (Å²) in [6.07, 6.45) is 0. The third kappa shape index (κ3) is 2.76. The number of hydrogen-bond acceptors (Lipinski definition) is 3. The molecule has 0 atom stereocenters. The zero-order valence-electron chi connectivity index (χ0n) is 13.7. The van der Waals surface area contributed by atoms with Gasteiger partial charge in [0.2, 0.25) is 0 Å². The number of pyridine rings is 1. The van der Waals surface area contributed by atoms with Gasteiger partial charge in [-0.15, -0.1) is 0 Å². The summed E-state index contributed by atoms with van der Waals surface area (Å²) in [4.78, 5) is 24.8. The van der Waals surface area contributed by atoms with Gasteiger partial charge in [-0.3, -0.25) is 14.7 Å². The number of thiophene rings is 1. The van der Waals surface area contributed by atoms with Gasteiger partial charge >= 0.3 is 6.03 Å². The molecule has 5 nitrogen and oxygen atoms in total. The van der Waals surface area contributed by atoms with Crippen molar-refractivity contribution in [1.82, 2.24) is 4.57 Å². The van der Waals surface area contributed by atoms with E-state index in [2.05, 4.69) is 5.32 Å². The number of fused-ring (bicyclic) bond motifs is 1. The number of benzene rings is 2. The topological polar surface area (TPSA) is 77.1 Å². The van der Waals surface area contributed by atoms with E-state index in [-0.39, 0.29) is 5.56 Å². The molecular weight excluding hydrogens is 346 g/mol. The zero-order chi connectivity index (χ0) is 18.1. The average Bonchev–Trinajstić information content (AvgIpc) is 3.00. The van der Waals surface area contributed by atoms with Gasteiger partial charge in [-0.05, 0) is 23.8 Å². The largest absolute Gasteiger partial charge is 0.351 e. The molecule has 4 rings (SSSR count). The average molecular weight is 361 g/mol. The maximum absolute atomic E-state index is 12.6. The first kappa shape index (κ1) is 16.1. The Kier molecular flexibility index (Phi) is 4.02. The van der Waals surface area contributed by atoms with E-state index in [9.17, 15) is 9.59 Å². The van der Waals surface area contributed by atoms with Gasteiger partial charge < -0.3 is 5.73 Å². The highest BCUT2D eigenvalue weighted by Crippen LogP contribution is 2.42. The maximum Gasteiger partial charge on any atom is 0.317 e. The van der Waals surface area contributed by atoms with Gasteiger partial charge in [0.15, 0.2) is 0 Å². The molecule has 0 saturated heterocycles. The van der Waals surface area contributed by atoms with E-state index in [4.69, 9.17) is 5.73 Å². The minimum Gasteiger partial charge on any atom is -0.351 e. The minimum absolute atomic E-state index is 0.129. The molecule has 6 heteroatoms. The van der Waals surface area contributed by atoms with Gasteiger partial charge in [-0.25, -0.2) is 4.79 Å². The Morgan fingerprint density at radius 1 is 0.923 bits per heavy atom. The Hall–Kier alpha value is -3.38. The number of amides is 2. The van der Waals surface area contributed by atoms with Crippen molar-refractivity contribution >= 4 is 32.6 Å². The molecule has 2 aromatic heterocycles. The van der Waals surface area contributed by atoms with Crippen LogP contribution in [0.25, 0.3) is 27.0 Å². The molecule has 0 aliphatic carbocycles. The summed E-state index contributed by atoms with van der Waals surface area (Å²) >= 11 is 1.33. The summed E-state index contributed by atoms with van der Waals surface area (Å²) in [5, 5.41) is 4.20. The molecule has 0 aliphatic heterocycles. The van der Waals surface area contributed by atoms with Crippen LogP contribution in [0.15, 0.2) is 77.6 Å². The van der Waals surface area contributed by atoms with Gasteiger partial charge in [0, 0.05) is 17.0 Å². The lowest BCUT2D eigenvalue weighted by atomic mass is 10.0. The molecular formula is C20H15N3O2S. The number of primary amides is 1. The first-order valence-corrected chi connectivity index (χ1v) is 8.82. The van der Waals surface area contributed by atoms with Gasteiger partial charge in [0.05, 0.1) is 5.69 Å². The standard InChI is InChI=1S/C20H15N3O2S/c21-20(25)22-18-17(13-7-3-1-4-8-13)15-11-12-16(24)23(19(15)26-18)14-9-5-2-6-10-14/h1-12H,(H3,21,22,25). The van der Waals surface area contributed by atoms with E-state index >= 15 is 0 Å². The fourth-order valence-electron chi connectivity index (χ4n) is 2.99. The lowest BCUT2D eigenvalue weighted by Gasteiger charge is -2.07. The van der Waals surface area contributed by atoms with Gasteiger partial charge in [-0.2, -0.15) is 0 Å². The van der Waals surface area contributed by atoms with E-state index in [1.165, 1.54) is 11.3 Å². The molecule has 0 bridgehead atoms. The van der Waals surface area contributed by atoms with Crippen LogP contribution in [0, 0.1) is 0 Å². The molecule has 2 aromatic carbocycles. The number of para-hydroxylation sites is 1. The van der Waals surface area contributed by atoms with E-state index in [1.54, 1.807) is 16.7 Å². The fraction of sp³-hybridized carbons (Fsp3) is 0. The monoisotopic (exact) mass is 361 g/mol. The predicted octanol–water partition coefficient (Wildman–Crippen LogP) is 4.21. The first-order chi connectivity index (χ1) is 12.6. The number of carbonyl (C=O) groups is 1. The fourth-order valence-corrected chi connectivity index (χ4v) is 4.24. The predicted molar refractivity (Wildman–Crippen MR) is 106 cm³/mol. The number of nitrogens with two attached hydrogens (primary N) is 1.